The van der Waals surface area contributed by atoms with Gasteiger partial charge in [-0.15, -0.1) is 10.2 Å². The molecule has 1 N–H and O–H groups in total. The minimum Gasteiger partial charge on any atom is -0.480 e. The smallest absolute Gasteiger partial charge is 0.328 e. The van der Waals surface area contributed by atoms with E-state index in [9.17, 15) is 19.1 Å². The van der Waals surface area contributed by atoms with E-state index in [0.717, 1.165) is 0 Å². The van der Waals surface area contributed by atoms with Crippen molar-refractivity contribution in [3.05, 3.63) is 45.7 Å². The van der Waals surface area contributed by atoms with Crippen molar-refractivity contribution in [3.63, 3.8) is 0 Å². The molecular formula is C15H14BrFN4O3. The number of carboxylic acids is 1. The van der Waals surface area contributed by atoms with Gasteiger partial charge in [0.25, 0.3) is 0 Å². The highest BCUT2D eigenvalue weighted by atomic mass is 79.9. The Morgan fingerprint density at radius 3 is 2.88 bits per heavy atom. The third-order valence-electron chi connectivity index (χ3n) is 4.01. The van der Waals surface area contributed by atoms with Gasteiger partial charge in [0.05, 0.1) is 19.5 Å². The van der Waals surface area contributed by atoms with Gasteiger partial charge in [0, 0.05) is 4.47 Å². The summed E-state index contributed by atoms with van der Waals surface area (Å²) in [5.41, 5.74) is 0.465. The molecule has 0 radical (unpaired) electrons. The second-order valence-corrected chi connectivity index (χ2v) is 6.42. The molecule has 2 aromatic rings. The molecule has 1 aromatic heterocycles. The molecule has 24 heavy (non-hydrogen) atoms. The fourth-order valence-electron chi connectivity index (χ4n) is 2.73. The van der Waals surface area contributed by atoms with Crippen molar-refractivity contribution >= 4 is 27.8 Å². The number of amides is 1. The predicted octanol–water partition coefficient (Wildman–Crippen LogP) is 1.53. The molecular weight excluding hydrogens is 383 g/mol. The van der Waals surface area contributed by atoms with Gasteiger partial charge in [0.1, 0.15) is 17.7 Å². The van der Waals surface area contributed by atoms with Gasteiger partial charge in [0.15, 0.2) is 5.82 Å². The Morgan fingerprint density at radius 2 is 2.17 bits per heavy atom. The molecule has 1 aliphatic rings. The lowest BCUT2D eigenvalue weighted by Crippen LogP contribution is -2.51. The van der Waals surface area contributed by atoms with E-state index in [0.29, 0.717) is 21.7 Å². The number of hydrogen-bond donors (Lipinski definition) is 1. The van der Waals surface area contributed by atoms with Crippen molar-refractivity contribution < 1.29 is 19.1 Å². The second kappa shape index (κ2) is 6.31. The van der Waals surface area contributed by atoms with Gasteiger partial charge in [-0.25, -0.2) is 9.18 Å². The Kier molecular flexibility index (Phi) is 4.35. The van der Waals surface area contributed by atoms with Crippen molar-refractivity contribution in [2.75, 3.05) is 0 Å². The summed E-state index contributed by atoms with van der Waals surface area (Å²) in [6, 6.07) is 3.05. The van der Waals surface area contributed by atoms with Crippen LogP contribution in [0.3, 0.4) is 0 Å². The largest absolute Gasteiger partial charge is 0.480 e. The fourth-order valence-corrected chi connectivity index (χ4v) is 3.12. The molecule has 1 unspecified atom stereocenters. The maximum atomic E-state index is 13.4. The first kappa shape index (κ1) is 16.6. The highest BCUT2D eigenvalue weighted by Gasteiger charge is 2.36. The Balaban J connectivity index is 1.87. The van der Waals surface area contributed by atoms with Crippen LogP contribution < -0.4 is 0 Å². The van der Waals surface area contributed by atoms with Crippen LogP contribution in [0.4, 0.5) is 4.39 Å². The number of benzene rings is 1. The number of aliphatic carboxylic acids is 1. The number of fused-ring (bicyclic) bond motifs is 1. The van der Waals surface area contributed by atoms with Gasteiger partial charge in [-0.3, -0.25) is 4.79 Å². The zero-order chi connectivity index (χ0) is 17.4. The van der Waals surface area contributed by atoms with Crippen LogP contribution >= 0.6 is 15.9 Å². The van der Waals surface area contributed by atoms with E-state index >= 15 is 0 Å². The lowest BCUT2D eigenvalue weighted by atomic mass is 10.1. The van der Waals surface area contributed by atoms with E-state index in [2.05, 4.69) is 26.1 Å². The van der Waals surface area contributed by atoms with Crippen molar-refractivity contribution in [1.29, 1.82) is 0 Å². The number of hydrogen-bond acceptors (Lipinski definition) is 4. The SMILES string of the molecule is Cc1nnc2n1CC(C(=O)O)N(C(=O)Cc1cc(F)ccc1Br)C2. The van der Waals surface area contributed by atoms with Crippen molar-refractivity contribution in [2.24, 2.45) is 0 Å². The lowest BCUT2D eigenvalue weighted by molar-refractivity contribution is -0.152. The first-order valence-electron chi connectivity index (χ1n) is 7.21. The molecule has 0 saturated heterocycles. The Bertz CT molecular complexity index is 823. The molecule has 3 rings (SSSR count). The molecule has 0 aliphatic carbocycles. The van der Waals surface area contributed by atoms with Gasteiger partial charge in [-0.1, -0.05) is 15.9 Å². The Labute approximate surface area is 145 Å². The quantitative estimate of drug-likeness (QED) is 0.849. The highest BCUT2D eigenvalue weighted by Crippen LogP contribution is 2.22. The molecule has 0 fully saturated rings. The van der Waals surface area contributed by atoms with E-state index in [1.807, 2.05) is 0 Å². The molecule has 0 bridgehead atoms. The monoisotopic (exact) mass is 396 g/mol. The van der Waals surface area contributed by atoms with Crippen LogP contribution in [0.2, 0.25) is 0 Å². The summed E-state index contributed by atoms with van der Waals surface area (Å²) < 4.78 is 15.7. The summed E-state index contributed by atoms with van der Waals surface area (Å²) >= 11 is 3.28. The van der Waals surface area contributed by atoms with Crippen molar-refractivity contribution in [3.8, 4) is 0 Å². The van der Waals surface area contributed by atoms with Gasteiger partial charge in [-0.05, 0) is 30.7 Å². The van der Waals surface area contributed by atoms with Crippen molar-refractivity contribution in [2.45, 2.75) is 32.5 Å². The highest BCUT2D eigenvalue weighted by molar-refractivity contribution is 9.10. The lowest BCUT2D eigenvalue weighted by Gasteiger charge is -2.33. The van der Waals surface area contributed by atoms with Crippen LogP contribution in [-0.4, -0.2) is 42.7 Å². The fraction of sp³-hybridized carbons (Fsp3) is 0.333. The average molecular weight is 397 g/mol. The van der Waals surface area contributed by atoms with Crippen LogP contribution in [0.5, 0.6) is 0 Å². The number of aryl methyl sites for hydroxylation is 1. The third kappa shape index (κ3) is 3.03. The first-order valence-corrected chi connectivity index (χ1v) is 8.01. The van der Waals surface area contributed by atoms with E-state index in [1.165, 1.54) is 23.1 Å². The number of carboxylic acid groups (broad SMARTS) is 1. The van der Waals surface area contributed by atoms with Crippen LogP contribution in [-0.2, 0) is 29.1 Å². The summed E-state index contributed by atoms with van der Waals surface area (Å²) in [5, 5.41) is 17.4. The molecule has 9 heteroatoms. The molecule has 1 aliphatic heterocycles. The van der Waals surface area contributed by atoms with E-state index in [1.54, 1.807) is 11.5 Å². The van der Waals surface area contributed by atoms with Crippen LogP contribution in [0.25, 0.3) is 0 Å². The minimum atomic E-state index is -1.10. The van der Waals surface area contributed by atoms with Crippen LogP contribution in [0, 0.1) is 12.7 Å². The van der Waals surface area contributed by atoms with E-state index in [4.69, 9.17) is 0 Å². The maximum Gasteiger partial charge on any atom is 0.328 e. The standard InChI is InChI=1S/C15H14BrFN4O3/c1-8-18-19-13-7-21(12(15(23)24)6-20(8)13)14(22)5-9-4-10(17)2-3-11(9)16/h2-4,12H,5-7H2,1H3,(H,23,24). The maximum absolute atomic E-state index is 13.4. The molecule has 2 heterocycles. The number of carbonyl (C=O) groups is 2. The molecule has 0 spiro atoms. The summed E-state index contributed by atoms with van der Waals surface area (Å²) in [6.07, 6.45) is -0.102. The topological polar surface area (TPSA) is 88.3 Å². The number of carbonyl (C=O) groups excluding carboxylic acids is 1. The van der Waals surface area contributed by atoms with E-state index in [-0.39, 0.29) is 19.5 Å². The predicted molar refractivity (Wildman–Crippen MR) is 84.5 cm³/mol. The summed E-state index contributed by atoms with van der Waals surface area (Å²) in [4.78, 5) is 25.4. The number of aromatic nitrogens is 3. The molecule has 1 atom stereocenters. The average Bonchev–Trinajstić information content (AvgIpc) is 2.90. The van der Waals surface area contributed by atoms with E-state index < -0.39 is 23.7 Å². The summed E-state index contributed by atoms with van der Waals surface area (Å²) in [5.74, 6) is -0.807. The van der Waals surface area contributed by atoms with Gasteiger partial charge < -0.3 is 14.6 Å². The molecule has 0 saturated carbocycles. The summed E-state index contributed by atoms with van der Waals surface area (Å²) in [6.45, 7) is 1.89. The van der Waals surface area contributed by atoms with Crippen LogP contribution in [0.15, 0.2) is 22.7 Å². The van der Waals surface area contributed by atoms with Crippen molar-refractivity contribution in [1.82, 2.24) is 19.7 Å². The first-order chi connectivity index (χ1) is 11.4. The number of halogens is 2. The molecule has 1 amide bonds. The van der Waals surface area contributed by atoms with Gasteiger partial charge in [0.2, 0.25) is 5.91 Å². The minimum absolute atomic E-state index is 0.0591. The normalized spacial score (nSPS) is 16.8. The Morgan fingerprint density at radius 1 is 1.42 bits per heavy atom. The molecule has 126 valence electrons. The zero-order valence-electron chi connectivity index (χ0n) is 12.7. The van der Waals surface area contributed by atoms with Gasteiger partial charge >= 0.3 is 5.97 Å². The van der Waals surface area contributed by atoms with Gasteiger partial charge in [-0.2, -0.15) is 0 Å². The number of nitrogens with zero attached hydrogens (tertiary/aromatic N) is 4. The molecule has 1 aromatic carbocycles. The van der Waals surface area contributed by atoms with Crippen LogP contribution in [0.1, 0.15) is 17.2 Å². The second-order valence-electron chi connectivity index (χ2n) is 5.56. The Hall–Kier alpha value is -2.29. The summed E-state index contributed by atoms with van der Waals surface area (Å²) in [7, 11) is 0. The molecule has 7 nitrogen and oxygen atoms in total. The third-order valence-corrected chi connectivity index (χ3v) is 4.78. The zero-order valence-corrected chi connectivity index (χ0v) is 14.3. The number of rotatable bonds is 3.